The molecule has 0 spiro atoms. The average molecular weight is 316 g/mol. The minimum Gasteiger partial charge on any atom is -0.323 e. The fraction of sp³-hybridized carbons (Fsp3) is 0.0625. The summed E-state index contributed by atoms with van der Waals surface area (Å²) in [6.07, 6.45) is 3.33. The lowest BCUT2D eigenvalue weighted by Crippen LogP contribution is -2.07. The third-order valence-corrected chi connectivity index (χ3v) is 3.54. The quantitative estimate of drug-likeness (QED) is 0.835. The number of benzene rings is 2. The molecule has 0 atom stereocenters. The molecule has 0 bridgehead atoms. The molecule has 0 saturated heterocycles. The summed E-state index contributed by atoms with van der Waals surface area (Å²) in [7, 11) is 0. The smallest absolute Gasteiger partial charge is 0.248 e. The Hall–Kier alpha value is -1.87. The van der Waals surface area contributed by atoms with Gasteiger partial charge in [0.1, 0.15) is 0 Å². The normalized spacial score (nSPS) is 10.6. The molecular weight excluding hydrogens is 302 g/mol. The number of hydrogen-bond acceptors (Lipinski definition) is 1. The maximum atomic E-state index is 11.8. The van der Waals surface area contributed by atoms with Gasteiger partial charge in [-0.25, -0.2) is 0 Å². The Morgan fingerprint density at radius 3 is 2.58 bits per heavy atom. The van der Waals surface area contributed by atoms with Crippen LogP contribution in [0.1, 0.15) is 11.1 Å². The van der Waals surface area contributed by atoms with Gasteiger partial charge >= 0.3 is 0 Å². The molecule has 1 N–H and O–H groups in total. The van der Waals surface area contributed by atoms with Gasteiger partial charge in [0.2, 0.25) is 5.91 Å². The third kappa shape index (κ3) is 4.07. The molecule has 0 heterocycles. The van der Waals surface area contributed by atoms with E-state index in [1.165, 1.54) is 6.08 Å². The lowest BCUT2D eigenvalue weighted by molar-refractivity contribution is -0.111. The summed E-state index contributed by atoms with van der Waals surface area (Å²) in [5.41, 5.74) is 2.89. The van der Waals surface area contributed by atoms with Gasteiger partial charge < -0.3 is 5.32 Å². The Morgan fingerprint density at radius 2 is 1.89 bits per heavy atom. The van der Waals surface area contributed by atoms with E-state index >= 15 is 0 Å². The summed E-state index contributed by atoms with van der Waals surface area (Å²) in [5.74, 6) is -0.134. The van der Waals surface area contributed by atoms with Gasteiger partial charge in [-0.2, -0.15) is 0 Å². The van der Waals surface area contributed by atoms with Gasteiger partial charge in [-0.15, -0.1) is 0 Å². The standard InChI is InChI=1S/C16H14BrNO/c1-12-11-14(8-9-15(12)17)18-16(19)10-7-13-5-3-2-4-6-13/h2-11H,1H3,(H,18,19)/b10-7+. The Bertz CT molecular complexity index is 605. The molecule has 1 amide bonds. The molecule has 0 aliphatic heterocycles. The number of aryl methyl sites for hydroxylation is 1. The summed E-state index contributed by atoms with van der Waals surface area (Å²) in [4.78, 5) is 11.8. The maximum Gasteiger partial charge on any atom is 0.248 e. The molecule has 0 aromatic heterocycles. The molecule has 2 aromatic rings. The number of amides is 1. The van der Waals surface area contributed by atoms with Crippen molar-refractivity contribution in [2.45, 2.75) is 6.92 Å². The molecule has 19 heavy (non-hydrogen) atoms. The van der Waals surface area contributed by atoms with Crippen molar-refractivity contribution < 1.29 is 4.79 Å². The van der Waals surface area contributed by atoms with E-state index in [9.17, 15) is 4.79 Å². The number of hydrogen-bond donors (Lipinski definition) is 1. The van der Waals surface area contributed by atoms with Gasteiger partial charge in [0.25, 0.3) is 0 Å². The van der Waals surface area contributed by atoms with Crippen molar-refractivity contribution >= 4 is 33.6 Å². The molecule has 0 fully saturated rings. The first-order chi connectivity index (χ1) is 9.15. The zero-order chi connectivity index (χ0) is 13.7. The van der Waals surface area contributed by atoms with E-state index in [2.05, 4.69) is 21.2 Å². The number of nitrogens with one attached hydrogen (secondary N) is 1. The molecule has 96 valence electrons. The Kier molecular flexibility index (Phi) is 4.53. The van der Waals surface area contributed by atoms with Crippen molar-refractivity contribution in [3.8, 4) is 0 Å². The van der Waals surface area contributed by atoms with Gasteiger partial charge in [0.15, 0.2) is 0 Å². The first-order valence-corrected chi connectivity index (χ1v) is 6.75. The lowest BCUT2D eigenvalue weighted by Gasteiger charge is -2.04. The predicted molar refractivity (Wildman–Crippen MR) is 83.0 cm³/mol. The van der Waals surface area contributed by atoms with E-state index < -0.39 is 0 Å². The Balaban J connectivity index is 2.01. The molecule has 0 aliphatic rings. The van der Waals surface area contributed by atoms with E-state index in [1.807, 2.05) is 55.5 Å². The van der Waals surface area contributed by atoms with Crippen LogP contribution in [0.2, 0.25) is 0 Å². The topological polar surface area (TPSA) is 29.1 Å². The SMILES string of the molecule is Cc1cc(NC(=O)/C=C/c2ccccc2)ccc1Br. The first kappa shape index (κ1) is 13.6. The largest absolute Gasteiger partial charge is 0.323 e. The second kappa shape index (κ2) is 6.34. The van der Waals surface area contributed by atoms with Crippen LogP contribution in [-0.2, 0) is 4.79 Å². The summed E-state index contributed by atoms with van der Waals surface area (Å²) >= 11 is 3.43. The lowest BCUT2D eigenvalue weighted by atomic mass is 10.2. The summed E-state index contributed by atoms with van der Waals surface area (Å²) in [5, 5.41) is 2.83. The van der Waals surface area contributed by atoms with Crippen LogP contribution in [-0.4, -0.2) is 5.91 Å². The second-order valence-corrected chi connectivity index (χ2v) is 5.05. The molecule has 2 rings (SSSR count). The van der Waals surface area contributed by atoms with E-state index in [-0.39, 0.29) is 5.91 Å². The first-order valence-electron chi connectivity index (χ1n) is 5.95. The zero-order valence-electron chi connectivity index (χ0n) is 10.6. The van der Waals surface area contributed by atoms with Crippen LogP contribution in [0.5, 0.6) is 0 Å². The highest BCUT2D eigenvalue weighted by Gasteiger charge is 2.00. The molecular formula is C16H14BrNO. The summed E-state index contributed by atoms with van der Waals surface area (Å²) in [6, 6.07) is 15.4. The van der Waals surface area contributed by atoms with Gasteiger partial charge in [-0.05, 0) is 42.3 Å². The van der Waals surface area contributed by atoms with E-state index in [4.69, 9.17) is 0 Å². The van der Waals surface area contributed by atoms with Crippen LogP contribution in [0.15, 0.2) is 59.1 Å². The molecule has 0 aliphatic carbocycles. The highest BCUT2D eigenvalue weighted by Crippen LogP contribution is 2.19. The van der Waals surface area contributed by atoms with E-state index in [0.717, 1.165) is 21.3 Å². The minimum atomic E-state index is -0.134. The molecule has 2 nitrogen and oxygen atoms in total. The maximum absolute atomic E-state index is 11.8. The molecule has 3 heteroatoms. The summed E-state index contributed by atoms with van der Waals surface area (Å²) < 4.78 is 1.03. The number of anilines is 1. The fourth-order valence-corrected chi connectivity index (χ4v) is 1.89. The Morgan fingerprint density at radius 1 is 1.16 bits per heavy atom. The van der Waals surface area contributed by atoms with Gasteiger partial charge in [0, 0.05) is 16.2 Å². The van der Waals surface area contributed by atoms with Crippen molar-refractivity contribution in [2.75, 3.05) is 5.32 Å². The van der Waals surface area contributed by atoms with Crippen LogP contribution in [0.4, 0.5) is 5.69 Å². The van der Waals surface area contributed by atoms with Crippen LogP contribution in [0.3, 0.4) is 0 Å². The van der Waals surface area contributed by atoms with Crippen LogP contribution >= 0.6 is 15.9 Å². The van der Waals surface area contributed by atoms with E-state index in [0.29, 0.717) is 0 Å². The monoisotopic (exact) mass is 315 g/mol. The fourth-order valence-electron chi connectivity index (χ4n) is 1.64. The van der Waals surface area contributed by atoms with Crippen LogP contribution in [0.25, 0.3) is 6.08 Å². The van der Waals surface area contributed by atoms with Gasteiger partial charge in [0.05, 0.1) is 0 Å². The molecule has 0 radical (unpaired) electrons. The molecule has 2 aromatic carbocycles. The summed E-state index contributed by atoms with van der Waals surface area (Å²) in [6.45, 7) is 1.99. The van der Waals surface area contributed by atoms with Gasteiger partial charge in [-0.3, -0.25) is 4.79 Å². The zero-order valence-corrected chi connectivity index (χ0v) is 12.1. The molecule has 0 saturated carbocycles. The van der Waals surface area contributed by atoms with E-state index in [1.54, 1.807) is 6.08 Å². The van der Waals surface area contributed by atoms with Crippen molar-refractivity contribution in [1.29, 1.82) is 0 Å². The van der Waals surface area contributed by atoms with Crippen LogP contribution in [0, 0.1) is 6.92 Å². The highest BCUT2D eigenvalue weighted by atomic mass is 79.9. The van der Waals surface area contributed by atoms with Crippen molar-refractivity contribution in [1.82, 2.24) is 0 Å². The number of carbonyl (C=O) groups is 1. The van der Waals surface area contributed by atoms with Crippen LogP contribution < -0.4 is 5.32 Å². The third-order valence-electron chi connectivity index (χ3n) is 2.65. The van der Waals surface area contributed by atoms with Gasteiger partial charge in [-0.1, -0.05) is 46.3 Å². The molecule has 0 unspecified atom stereocenters. The second-order valence-electron chi connectivity index (χ2n) is 4.20. The van der Waals surface area contributed by atoms with Crippen molar-refractivity contribution in [3.05, 3.63) is 70.2 Å². The number of halogens is 1. The number of carbonyl (C=O) groups excluding carboxylic acids is 1. The minimum absolute atomic E-state index is 0.134. The number of rotatable bonds is 3. The highest BCUT2D eigenvalue weighted by molar-refractivity contribution is 9.10. The average Bonchev–Trinajstić information content (AvgIpc) is 2.42. The Labute approximate surface area is 121 Å². The predicted octanol–water partition coefficient (Wildman–Crippen LogP) is 4.41. The van der Waals surface area contributed by atoms with Crippen molar-refractivity contribution in [2.24, 2.45) is 0 Å². The van der Waals surface area contributed by atoms with Crippen molar-refractivity contribution in [3.63, 3.8) is 0 Å².